The molecule has 13 heteroatoms. The molecule has 0 heterocycles. The van der Waals surface area contributed by atoms with Gasteiger partial charge in [-0.2, -0.15) is 0 Å². The van der Waals surface area contributed by atoms with Crippen molar-refractivity contribution in [2.24, 2.45) is 17.6 Å². The lowest BCUT2D eigenvalue weighted by atomic mass is 9.88. The number of hydrogen-bond donors (Lipinski definition) is 5. The molecular formula is C41H78NO11P. The number of phosphoric acid groups is 1. The van der Waals surface area contributed by atoms with Crippen LogP contribution in [0.3, 0.4) is 0 Å². The first kappa shape index (κ1) is 50.6. The Morgan fingerprint density at radius 2 is 1.28 bits per heavy atom. The van der Waals surface area contributed by atoms with Gasteiger partial charge in [-0.05, 0) is 31.6 Å². The number of ether oxygens (including phenoxy) is 2. The molecule has 1 fully saturated rings. The molecule has 1 aliphatic carbocycles. The predicted octanol–water partition coefficient (Wildman–Crippen LogP) is 8.21. The van der Waals surface area contributed by atoms with Gasteiger partial charge in [0.05, 0.1) is 31.5 Å². The van der Waals surface area contributed by atoms with E-state index in [-0.39, 0.29) is 44.4 Å². The molecule has 0 radical (unpaired) electrons. The number of aliphatic hydroxyl groups is 3. The number of carbonyl (C=O) groups is 2. The summed E-state index contributed by atoms with van der Waals surface area (Å²) < 4.78 is 32.7. The number of phosphoric ester groups is 1. The number of unbranched alkanes of at least 4 members (excludes halogenated alkanes) is 17. The third-order valence-electron chi connectivity index (χ3n) is 10.3. The summed E-state index contributed by atoms with van der Waals surface area (Å²) in [6.07, 6.45) is 24.5. The maximum atomic E-state index is 12.6. The number of hydrogen-bond acceptors (Lipinski definition) is 11. The molecule has 0 aromatic heterocycles. The molecule has 0 aliphatic heterocycles. The Bertz CT molecular complexity index is 1020. The topological polar surface area (TPSA) is 195 Å². The molecule has 12 nitrogen and oxygen atoms in total. The summed E-state index contributed by atoms with van der Waals surface area (Å²) >= 11 is 0. The fraction of sp³-hybridized carbons (Fsp3) is 0.902. The van der Waals surface area contributed by atoms with Gasteiger partial charge in [0.1, 0.15) is 6.61 Å². The zero-order chi connectivity index (χ0) is 39.9. The molecule has 0 aromatic carbocycles. The summed E-state index contributed by atoms with van der Waals surface area (Å²) in [5, 5.41) is 31.3. The summed E-state index contributed by atoms with van der Waals surface area (Å²) in [5.41, 5.74) is 5.34. The maximum absolute atomic E-state index is 12.6. The van der Waals surface area contributed by atoms with Crippen molar-refractivity contribution in [1.82, 2.24) is 0 Å². The minimum atomic E-state index is -4.42. The van der Waals surface area contributed by atoms with E-state index in [0.717, 1.165) is 64.2 Å². The van der Waals surface area contributed by atoms with E-state index in [2.05, 4.69) is 13.8 Å². The Kier molecular flexibility index (Phi) is 30.7. The zero-order valence-corrected chi connectivity index (χ0v) is 34.7. The average molecular weight is 792 g/mol. The predicted molar refractivity (Wildman–Crippen MR) is 213 cm³/mol. The van der Waals surface area contributed by atoms with Crippen LogP contribution in [0.25, 0.3) is 0 Å². The second-order valence-corrected chi connectivity index (χ2v) is 16.6. The first-order valence-electron chi connectivity index (χ1n) is 21.4. The lowest BCUT2D eigenvalue weighted by molar-refractivity contribution is -0.161. The quantitative estimate of drug-likeness (QED) is 0.0177. The van der Waals surface area contributed by atoms with Gasteiger partial charge in [0.2, 0.25) is 0 Å². The third-order valence-corrected chi connectivity index (χ3v) is 11.2. The highest BCUT2D eigenvalue weighted by Crippen LogP contribution is 2.43. The Morgan fingerprint density at radius 3 is 1.87 bits per heavy atom. The first-order chi connectivity index (χ1) is 26.0. The van der Waals surface area contributed by atoms with Gasteiger partial charge in [0.15, 0.2) is 6.10 Å². The van der Waals surface area contributed by atoms with Crippen LogP contribution in [0.5, 0.6) is 0 Å². The van der Waals surface area contributed by atoms with Crippen LogP contribution >= 0.6 is 7.82 Å². The monoisotopic (exact) mass is 792 g/mol. The molecule has 0 amide bonds. The van der Waals surface area contributed by atoms with Gasteiger partial charge in [0, 0.05) is 31.7 Å². The van der Waals surface area contributed by atoms with Crippen molar-refractivity contribution in [3.63, 3.8) is 0 Å². The molecule has 1 rings (SSSR count). The van der Waals surface area contributed by atoms with Crippen molar-refractivity contribution in [2.75, 3.05) is 26.4 Å². The Morgan fingerprint density at radius 1 is 0.741 bits per heavy atom. The molecular weight excluding hydrogens is 713 g/mol. The smallest absolute Gasteiger partial charge is 0.462 e. The molecule has 54 heavy (non-hydrogen) atoms. The highest BCUT2D eigenvalue weighted by atomic mass is 31.2. The van der Waals surface area contributed by atoms with Crippen LogP contribution in [0.2, 0.25) is 0 Å². The highest BCUT2D eigenvalue weighted by Gasteiger charge is 2.39. The van der Waals surface area contributed by atoms with Crippen molar-refractivity contribution in [2.45, 2.75) is 199 Å². The van der Waals surface area contributed by atoms with Gasteiger partial charge in [0.25, 0.3) is 0 Å². The van der Waals surface area contributed by atoms with Crippen molar-refractivity contribution < 1.29 is 52.9 Å². The molecule has 1 unspecified atom stereocenters. The van der Waals surface area contributed by atoms with E-state index in [1.165, 1.54) is 57.8 Å². The Labute approximate surface area is 326 Å². The van der Waals surface area contributed by atoms with Crippen molar-refractivity contribution >= 4 is 19.8 Å². The largest absolute Gasteiger partial charge is 0.472 e. The van der Waals surface area contributed by atoms with Crippen LogP contribution in [0.1, 0.15) is 174 Å². The number of esters is 2. The number of aliphatic hydroxyl groups excluding tert-OH is 3. The zero-order valence-electron chi connectivity index (χ0n) is 33.8. The summed E-state index contributed by atoms with van der Waals surface area (Å²) in [5.74, 6) is -1.23. The summed E-state index contributed by atoms with van der Waals surface area (Å²) in [6, 6.07) is 0. The van der Waals surface area contributed by atoms with Crippen molar-refractivity contribution in [1.29, 1.82) is 0 Å². The molecule has 7 atom stereocenters. The summed E-state index contributed by atoms with van der Waals surface area (Å²) in [6.45, 7) is 3.40. The molecule has 1 saturated carbocycles. The van der Waals surface area contributed by atoms with Gasteiger partial charge < -0.3 is 35.4 Å². The first-order valence-corrected chi connectivity index (χ1v) is 22.9. The van der Waals surface area contributed by atoms with Crippen LogP contribution in [-0.4, -0.2) is 82.9 Å². The lowest BCUT2D eigenvalue weighted by Crippen LogP contribution is -2.29. The van der Waals surface area contributed by atoms with E-state index in [9.17, 15) is 34.4 Å². The maximum Gasteiger partial charge on any atom is 0.472 e. The van der Waals surface area contributed by atoms with Crippen LogP contribution in [0.4, 0.5) is 0 Å². The van der Waals surface area contributed by atoms with E-state index in [4.69, 9.17) is 24.3 Å². The molecule has 6 N–H and O–H groups in total. The molecule has 0 spiro atoms. The molecule has 318 valence electrons. The fourth-order valence-electron chi connectivity index (χ4n) is 7.03. The molecule has 0 bridgehead atoms. The standard InChI is InChI=1S/C41H78NO11P/c1-3-5-7-8-9-10-11-12-13-14-15-16-22-26-41(47)53-35(33-52-54(48,49)51-30-29-42)32-50-40(46)25-21-18-17-20-24-36-37(39(45)31-38(36)44)28-27-34(43)23-19-6-4-2/h27-28,34-39,43-45H,3-26,29-33,42H2,1-2H3,(H,48,49)/b28-27+/t34-,35+,36+,37+,38-,39+/m0/s1. The van der Waals surface area contributed by atoms with Gasteiger partial charge in [-0.25, -0.2) is 4.57 Å². The second-order valence-electron chi connectivity index (χ2n) is 15.2. The van der Waals surface area contributed by atoms with Crippen LogP contribution in [-0.2, 0) is 32.7 Å². The minimum absolute atomic E-state index is 0.0247. The van der Waals surface area contributed by atoms with Crippen LogP contribution < -0.4 is 5.73 Å². The van der Waals surface area contributed by atoms with E-state index in [1.54, 1.807) is 6.08 Å². The number of nitrogens with two attached hydrogens (primary N) is 1. The van der Waals surface area contributed by atoms with Gasteiger partial charge in [-0.1, -0.05) is 142 Å². The van der Waals surface area contributed by atoms with E-state index in [0.29, 0.717) is 25.7 Å². The fourth-order valence-corrected chi connectivity index (χ4v) is 7.79. The van der Waals surface area contributed by atoms with E-state index >= 15 is 0 Å². The number of rotatable bonds is 36. The minimum Gasteiger partial charge on any atom is -0.462 e. The molecule has 1 aliphatic rings. The van der Waals surface area contributed by atoms with Gasteiger partial charge in [-0.3, -0.25) is 18.6 Å². The van der Waals surface area contributed by atoms with E-state index < -0.39 is 50.8 Å². The second kappa shape index (κ2) is 32.7. The lowest BCUT2D eigenvalue weighted by Gasteiger charge is -2.21. The normalized spacial score (nSPS) is 20.9. The van der Waals surface area contributed by atoms with Crippen LogP contribution in [0.15, 0.2) is 12.2 Å². The number of carbonyl (C=O) groups excluding carboxylic acids is 2. The van der Waals surface area contributed by atoms with Gasteiger partial charge >= 0.3 is 19.8 Å². The van der Waals surface area contributed by atoms with Crippen molar-refractivity contribution in [3.8, 4) is 0 Å². The van der Waals surface area contributed by atoms with Gasteiger partial charge in [-0.15, -0.1) is 0 Å². The summed E-state index contributed by atoms with van der Waals surface area (Å²) in [4.78, 5) is 35.0. The third kappa shape index (κ3) is 26.5. The SMILES string of the molecule is CCCCCCCCCCCCCCCC(=O)O[C@H](COC(=O)CCCCCC[C@@H]1[C@@H](/C=C/[C@@H](O)CCCCC)[C@H](O)C[C@@H]1O)COP(=O)(O)OCCN. The average Bonchev–Trinajstić information content (AvgIpc) is 3.41. The van der Waals surface area contributed by atoms with Crippen molar-refractivity contribution in [3.05, 3.63) is 12.2 Å². The Balaban J connectivity index is 2.38. The van der Waals surface area contributed by atoms with Crippen LogP contribution in [0, 0.1) is 11.8 Å². The van der Waals surface area contributed by atoms with E-state index in [1.807, 2.05) is 6.08 Å². The molecule has 0 saturated heterocycles. The highest BCUT2D eigenvalue weighted by molar-refractivity contribution is 7.47. The summed E-state index contributed by atoms with van der Waals surface area (Å²) in [7, 11) is -4.42. The molecule has 0 aromatic rings. The Hall–Kier alpha value is -1.37.